The van der Waals surface area contributed by atoms with E-state index in [4.69, 9.17) is 4.74 Å². The SMILES string of the molecule is CCOC(=O)CNCc1ccc(CN2CCCC2)cc1. The number of esters is 1. The first-order valence-electron chi connectivity index (χ1n) is 7.44. The smallest absolute Gasteiger partial charge is 0.319 e. The molecule has 0 amide bonds. The van der Waals surface area contributed by atoms with E-state index in [-0.39, 0.29) is 12.5 Å². The van der Waals surface area contributed by atoms with E-state index < -0.39 is 0 Å². The zero-order valence-corrected chi connectivity index (χ0v) is 12.2. The van der Waals surface area contributed by atoms with E-state index in [0.717, 1.165) is 6.54 Å². The van der Waals surface area contributed by atoms with Gasteiger partial charge in [-0.2, -0.15) is 0 Å². The minimum absolute atomic E-state index is 0.196. The number of nitrogens with zero attached hydrogens (tertiary/aromatic N) is 1. The lowest BCUT2D eigenvalue weighted by atomic mass is 10.1. The van der Waals surface area contributed by atoms with Crippen LogP contribution >= 0.6 is 0 Å². The van der Waals surface area contributed by atoms with Crippen LogP contribution in [0.3, 0.4) is 0 Å². The molecule has 20 heavy (non-hydrogen) atoms. The van der Waals surface area contributed by atoms with Gasteiger partial charge >= 0.3 is 5.97 Å². The summed E-state index contributed by atoms with van der Waals surface area (Å²) in [5, 5.41) is 3.09. The predicted octanol–water partition coefficient (Wildman–Crippen LogP) is 1.94. The third-order valence-electron chi connectivity index (χ3n) is 3.53. The van der Waals surface area contributed by atoms with Crippen molar-refractivity contribution < 1.29 is 9.53 Å². The van der Waals surface area contributed by atoms with Gasteiger partial charge in [0.25, 0.3) is 0 Å². The highest BCUT2D eigenvalue weighted by molar-refractivity contribution is 5.71. The highest BCUT2D eigenvalue weighted by Gasteiger charge is 2.11. The van der Waals surface area contributed by atoms with Crippen molar-refractivity contribution in [1.82, 2.24) is 10.2 Å². The van der Waals surface area contributed by atoms with Crippen molar-refractivity contribution in [3.05, 3.63) is 35.4 Å². The standard InChI is InChI=1S/C16H24N2O2/c1-2-20-16(19)12-17-11-14-5-7-15(8-6-14)13-18-9-3-4-10-18/h5-8,17H,2-4,9-13H2,1H3. The molecule has 0 unspecified atom stereocenters. The summed E-state index contributed by atoms with van der Waals surface area (Å²) in [6, 6.07) is 8.62. The summed E-state index contributed by atoms with van der Waals surface area (Å²) in [4.78, 5) is 13.7. The topological polar surface area (TPSA) is 41.6 Å². The van der Waals surface area contributed by atoms with Crippen LogP contribution in [-0.4, -0.2) is 37.1 Å². The van der Waals surface area contributed by atoms with E-state index >= 15 is 0 Å². The Morgan fingerprint density at radius 1 is 1.20 bits per heavy atom. The number of carbonyl (C=O) groups is 1. The highest BCUT2D eigenvalue weighted by Crippen LogP contribution is 2.13. The number of benzene rings is 1. The highest BCUT2D eigenvalue weighted by atomic mass is 16.5. The molecule has 1 heterocycles. The lowest BCUT2D eigenvalue weighted by Gasteiger charge is -2.14. The van der Waals surface area contributed by atoms with Gasteiger partial charge in [0, 0.05) is 13.1 Å². The van der Waals surface area contributed by atoms with Crippen LogP contribution in [0.5, 0.6) is 0 Å². The fourth-order valence-corrected chi connectivity index (χ4v) is 2.48. The van der Waals surface area contributed by atoms with E-state index in [1.165, 1.54) is 37.1 Å². The maximum absolute atomic E-state index is 11.2. The molecule has 0 saturated carbocycles. The van der Waals surface area contributed by atoms with Gasteiger partial charge in [0.2, 0.25) is 0 Å². The number of rotatable bonds is 7. The van der Waals surface area contributed by atoms with Gasteiger partial charge in [0.15, 0.2) is 0 Å². The van der Waals surface area contributed by atoms with Gasteiger partial charge in [-0.15, -0.1) is 0 Å². The third-order valence-corrected chi connectivity index (χ3v) is 3.53. The Kier molecular flexibility index (Phi) is 6.02. The molecular formula is C16H24N2O2. The Balaban J connectivity index is 1.72. The molecule has 110 valence electrons. The van der Waals surface area contributed by atoms with Crippen molar-refractivity contribution in [2.24, 2.45) is 0 Å². The molecule has 0 aliphatic carbocycles. The van der Waals surface area contributed by atoms with E-state index in [2.05, 4.69) is 34.5 Å². The molecule has 4 nitrogen and oxygen atoms in total. The second-order valence-corrected chi connectivity index (χ2v) is 5.21. The van der Waals surface area contributed by atoms with Gasteiger partial charge in [-0.25, -0.2) is 0 Å². The maximum atomic E-state index is 11.2. The maximum Gasteiger partial charge on any atom is 0.319 e. The van der Waals surface area contributed by atoms with Gasteiger partial charge in [-0.3, -0.25) is 9.69 Å². The van der Waals surface area contributed by atoms with Gasteiger partial charge in [-0.1, -0.05) is 24.3 Å². The molecule has 0 aromatic heterocycles. The quantitative estimate of drug-likeness (QED) is 0.773. The van der Waals surface area contributed by atoms with E-state index in [1.54, 1.807) is 0 Å². The average molecular weight is 276 g/mol. The summed E-state index contributed by atoms with van der Waals surface area (Å²) in [6.45, 7) is 6.72. The van der Waals surface area contributed by atoms with Gasteiger partial charge in [0.05, 0.1) is 13.2 Å². The molecular weight excluding hydrogens is 252 g/mol. The number of hydrogen-bond acceptors (Lipinski definition) is 4. The zero-order valence-electron chi connectivity index (χ0n) is 12.2. The molecule has 1 fully saturated rings. The van der Waals surface area contributed by atoms with Crippen LogP contribution in [0, 0.1) is 0 Å². The van der Waals surface area contributed by atoms with Gasteiger partial charge < -0.3 is 10.1 Å². The van der Waals surface area contributed by atoms with E-state index in [0.29, 0.717) is 13.2 Å². The molecule has 0 spiro atoms. The number of nitrogens with one attached hydrogen (secondary N) is 1. The summed E-state index contributed by atoms with van der Waals surface area (Å²) in [5.74, 6) is -0.196. The molecule has 4 heteroatoms. The molecule has 0 bridgehead atoms. The summed E-state index contributed by atoms with van der Waals surface area (Å²) in [7, 11) is 0. The lowest BCUT2D eigenvalue weighted by Crippen LogP contribution is -2.24. The Morgan fingerprint density at radius 2 is 1.85 bits per heavy atom. The summed E-state index contributed by atoms with van der Waals surface area (Å²) < 4.78 is 4.87. The van der Waals surface area contributed by atoms with Crippen molar-refractivity contribution in [1.29, 1.82) is 0 Å². The molecule has 2 rings (SSSR count). The number of hydrogen-bond donors (Lipinski definition) is 1. The van der Waals surface area contributed by atoms with Crippen LogP contribution < -0.4 is 5.32 Å². The molecule has 1 aliphatic heterocycles. The normalized spacial score (nSPS) is 15.4. The van der Waals surface area contributed by atoms with E-state index in [9.17, 15) is 4.79 Å². The molecule has 1 aromatic carbocycles. The Hall–Kier alpha value is -1.39. The lowest BCUT2D eigenvalue weighted by molar-refractivity contribution is -0.142. The average Bonchev–Trinajstić information content (AvgIpc) is 2.94. The van der Waals surface area contributed by atoms with Crippen LogP contribution in [0.1, 0.15) is 30.9 Å². The van der Waals surface area contributed by atoms with Crippen molar-refractivity contribution in [2.45, 2.75) is 32.9 Å². The number of ether oxygens (including phenoxy) is 1. The fourth-order valence-electron chi connectivity index (χ4n) is 2.48. The zero-order chi connectivity index (χ0) is 14.2. The second-order valence-electron chi connectivity index (χ2n) is 5.21. The van der Waals surface area contributed by atoms with Crippen molar-refractivity contribution in [3.8, 4) is 0 Å². The number of carbonyl (C=O) groups excluding carboxylic acids is 1. The Bertz CT molecular complexity index is 411. The summed E-state index contributed by atoms with van der Waals surface area (Å²) in [5.41, 5.74) is 2.56. The van der Waals surface area contributed by atoms with Crippen molar-refractivity contribution >= 4 is 5.97 Å². The van der Waals surface area contributed by atoms with Gasteiger partial charge in [0.1, 0.15) is 0 Å². The fraction of sp³-hybridized carbons (Fsp3) is 0.562. The molecule has 1 N–H and O–H groups in total. The molecule has 1 saturated heterocycles. The Morgan fingerprint density at radius 3 is 2.50 bits per heavy atom. The monoisotopic (exact) mass is 276 g/mol. The predicted molar refractivity (Wildman–Crippen MR) is 79.3 cm³/mol. The summed E-state index contributed by atoms with van der Waals surface area (Å²) >= 11 is 0. The first kappa shape index (κ1) is 15.0. The van der Waals surface area contributed by atoms with Crippen molar-refractivity contribution in [2.75, 3.05) is 26.2 Å². The molecule has 1 aliphatic rings. The number of likely N-dealkylation sites (tertiary alicyclic amines) is 1. The first-order chi connectivity index (χ1) is 9.78. The minimum Gasteiger partial charge on any atom is -0.465 e. The Labute approximate surface area is 121 Å². The largest absolute Gasteiger partial charge is 0.465 e. The van der Waals surface area contributed by atoms with Crippen LogP contribution in [0.2, 0.25) is 0 Å². The second kappa shape index (κ2) is 8.02. The molecule has 0 radical (unpaired) electrons. The van der Waals surface area contributed by atoms with Gasteiger partial charge in [-0.05, 0) is 44.0 Å². The first-order valence-corrected chi connectivity index (χ1v) is 7.44. The van der Waals surface area contributed by atoms with Crippen LogP contribution in [0.4, 0.5) is 0 Å². The van der Waals surface area contributed by atoms with Crippen LogP contribution in [-0.2, 0) is 22.6 Å². The van der Waals surface area contributed by atoms with Crippen molar-refractivity contribution in [3.63, 3.8) is 0 Å². The van der Waals surface area contributed by atoms with E-state index in [1.807, 2.05) is 6.92 Å². The third kappa shape index (κ3) is 4.94. The van der Waals surface area contributed by atoms with Crippen LogP contribution in [0.15, 0.2) is 24.3 Å². The summed E-state index contributed by atoms with van der Waals surface area (Å²) in [6.07, 6.45) is 2.66. The minimum atomic E-state index is -0.196. The molecule has 0 atom stereocenters. The van der Waals surface area contributed by atoms with Crippen LogP contribution in [0.25, 0.3) is 0 Å². The molecule has 1 aromatic rings.